The number of benzene rings is 1. The van der Waals surface area contributed by atoms with Crippen molar-refractivity contribution < 1.29 is 14.3 Å². The van der Waals surface area contributed by atoms with E-state index in [2.05, 4.69) is 10.3 Å². The molecule has 1 amide bonds. The number of hydrogen-bond acceptors (Lipinski definition) is 4. The SMILES string of the molecule is COc1ccc2nc(C)c(C(=O)NCCC3CCCO3)cc2c1. The summed E-state index contributed by atoms with van der Waals surface area (Å²) in [5.74, 6) is 0.672. The second-order valence-electron chi connectivity index (χ2n) is 5.86. The van der Waals surface area contributed by atoms with Gasteiger partial charge >= 0.3 is 0 Å². The van der Waals surface area contributed by atoms with E-state index in [0.717, 1.165) is 48.2 Å². The number of aryl methyl sites for hydroxylation is 1. The number of carbonyl (C=O) groups is 1. The van der Waals surface area contributed by atoms with E-state index in [1.165, 1.54) is 0 Å². The van der Waals surface area contributed by atoms with Crippen molar-refractivity contribution >= 4 is 16.8 Å². The highest BCUT2D eigenvalue weighted by Crippen LogP contribution is 2.22. The normalized spacial score (nSPS) is 17.4. The summed E-state index contributed by atoms with van der Waals surface area (Å²) in [7, 11) is 1.63. The van der Waals surface area contributed by atoms with Crippen LogP contribution in [0.25, 0.3) is 10.9 Å². The lowest BCUT2D eigenvalue weighted by Crippen LogP contribution is -2.27. The third kappa shape index (κ3) is 3.62. The molecule has 3 rings (SSSR count). The molecule has 0 aliphatic carbocycles. The minimum atomic E-state index is -0.0854. The van der Waals surface area contributed by atoms with Gasteiger partial charge in [-0.05, 0) is 50.5 Å². The molecule has 0 radical (unpaired) electrons. The largest absolute Gasteiger partial charge is 0.497 e. The minimum Gasteiger partial charge on any atom is -0.497 e. The molecule has 5 nitrogen and oxygen atoms in total. The van der Waals surface area contributed by atoms with Crippen LogP contribution in [-0.4, -0.2) is 37.3 Å². The first kappa shape index (κ1) is 15.7. The second-order valence-corrected chi connectivity index (χ2v) is 5.86. The molecule has 0 bridgehead atoms. The lowest BCUT2D eigenvalue weighted by molar-refractivity contribution is 0.0906. The molecule has 1 saturated heterocycles. The lowest BCUT2D eigenvalue weighted by atomic mass is 10.1. The number of pyridine rings is 1. The van der Waals surface area contributed by atoms with E-state index >= 15 is 0 Å². The summed E-state index contributed by atoms with van der Waals surface area (Å²) >= 11 is 0. The topological polar surface area (TPSA) is 60.5 Å². The standard InChI is InChI=1S/C18H22N2O3/c1-12-16(18(21)19-8-7-14-4-3-9-23-14)11-13-10-15(22-2)5-6-17(13)20-12/h5-6,10-11,14H,3-4,7-9H2,1-2H3,(H,19,21). The number of hydrogen-bond donors (Lipinski definition) is 1. The van der Waals surface area contributed by atoms with E-state index in [-0.39, 0.29) is 12.0 Å². The van der Waals surface area contributed by atoms with Crippen molar-refractivity contribution in [2.75, 3.05) is 20.3 Å². The Labute approximate surface area is 136 Å². The maximum Gasteiger partial charge on any atom is 0.253 e. The van der Waals surface area contributed by atoms with Gasteiger partial charge in [-0.3, -0.25) is 9.78 Å². The number of carbonyl (C=O) groups excluding carboxylic acids is 1. The zero-order valence-electron chi connectivity index (χ0n) is 13.6. The van der Waals surface area contributed by atoms with Crippen LogP contribution in [0, 0.1) is 6.92 Å². The Balaban J connectivity index is 1.72. The summed E-state index contributed by atoms with van der Waals surface area (Å²) in [5, 5.41) is 3.87. The molecule has 1 atom stereocenters. The van der Waals surface area contributed by atoms with E-state index in [0.29, 0.717) is 12.1 Å². The first-order valence-electron chi connectivity index (χ1n) is 8.02. The molecule has 0 spiro atoms. The fourth-order valence-corrected chi connectivity index (χ4v) is 2.92. The molecule has 0 saturated carbocycles. The Kier molecular flexibility index (Phi) is 4.76. The zero-order valence-corrected chi connectivity index (χ0v) is 13.6. The number of fused-ring (bicyclic) bond motifs is 1. The number of amides is 1. The van der Waals surface area contributed by atoms with E-state index in [1.807, 2.05) is 31.2 Å². The van der Waals surface area contributed by atoms with Gasteiger partial charge in [-0.1, -0.05) is 0 Å². The Hall–Kier alpha value is -2.14. The molecule has 23 heavy (non-hydrogen) atoms. The van der Waals surface area contributed by atoms with E-state index in [4.69, 9.17) is 9.47 Å². The van der Waals surface area contributed by atoms with Crippen molar-refractivity contribution in [2.45, 2.75) is 32.3 Å². The van der Waals surface area contributed by atoms with Crippen LogP contribution >= 0.6 is 0 Å². The average Bonchev–Trinajstić information content (AvgIpc) is 3.07. The molecular formula is C18H22N2O3. The van der Waals surface area contributed by atoms with Gasteiger partial charge in [0.1, 0.15) is 5.75 Å². The molecule has 122 valence electrons. The summed E-state index contributed by atoms with van der Waals surface area (Å²) in [5.41, 5.74) is 2.20. The molecule has 1 aromatic heterocycles. The first-order chi connectivity index (χ1) is 11.2. The van der Waals surface area contributed by atoms with Crippen LogP contribution in [0.3, 0.4) is 0 Å². The summed E-state index contributed by atoms with van der Waals surface area (Å²) in [4.78, 5) is 16.9. The molecule has 1 aromatic carbocycles. The van der Waals surface area contributed by atoms with E-state index < -0.39 is 0 Å². The van der Waals surface area contributed by atoms with Crippen molar-refractivity contribution in [2.24, 2.45) is 0 Å². The summed E-state index contributed by atoms with van der Waals surface area (Å²) in [6.45, 7) is 3.33. The van der Waals surface area contributed by atoms with Crippen molar-refractivity contribution in [1.29, 1.82) is 0 Å². The molecule has 1 aliphatic rings. The van der Waals surface area contributed by atoms with Crippen molar-refractivity contribution in [3.8, 4) is 5.75 Å². The molecule has 5 heteroatoms. The van der Waals surface area contributed by atoms with Gasteiger partial charge in [-0.2, -0.15) is 0 Å². The maximum absolute atomic E-state index is 12.4. The first-order valence-corrected chi connectivity index (χ1v) is 8.02. The minimum absolute atomic E-state index is 0.0854. The second kappa shape index (κ2) is 6.96. The molecular weight excluding hydrogens is 292 g/mol. The van der Waals surface area contributed by atoms with Crippen LogP contribution in [0.5, 0.6) is 5.75 Å². The Morgan fingerprint density at radius 1 is 1.43 bits per heavy atom. The fourth-order valence-electron chi connectivity index (χ4n) is 2.92. The fraction of sp³-hybridized carbons (Fsp3) is 0.444. The number of methoxy groups -OCH3 is 1. The summed E-state index contributed by atoms with van der Waals surface area (Å²) in [6.07, 6.45) is 3.36. The van der Waals surface area contributed by atoms with Gasteiger partial charge in [0, 0.05) is 18.5 Å². The number of rotatable bonds is 5. The molecule has 2 heterocycles. The quantitative estimate of drug-likeness (QED) is 0.922. The predicted molar refractivity (Wildman–Crippen MR) is 89.0 cm³/mol. The van der Waals surface area contributed by atoms with Crippen LogP contribution in [0.2, 0.25) is 0 Å². The van der Waals surface area contributed by atoms with Gasteiger partial charge in [0.05, 0.1) is 30.0 Å². The molecule has 1 unspecified atom stereocenters. The highest BCUT2D eigenvalue weighted by atomic mass is 16.5. The zero-order chi connectivity index (χ0) is 16.2. The van der Waals surface area contributed by atoms with Crippen LogP contribution in [-0.2, 0) is 4.74 Å². The van der Waals surface area contributed by atoms with Gasteiger partial charge in [0.2, 0.25) is 0 Å². The lowest BCUT2D eigenvalue weighted by Gasteiger charge is -2.12. The summed E-state index contributed by atoms with van der Waals surface area (Å²) < 4.78 is 10.8. The monoisotopic (exact) mass is 314 g/mol. The van der Waals surface area contributed by atoms with Gasteiger partial charge in [0.25, 0.3) is 5.91 Å². The third-order valence-electron chi connectivity index (χ3n) is 4.23. The van der Waals surface area contributed by atoms with Crippen molar-refractivity contribution in [3.05, 3.63) is 35.5 Å². The average molecular weight is 314 g/mol. The number of nitrogens with one attached hydrogen (secondary N) is 1. The predicted octanol–water partition coefficient (Wildman–Crippen LogP) is 2.85. The third-order valence-corrected chi connectivity index (χ3v) is 4.23. The van der Waals surface area contributed by atoms with Gasteiger partial charge in [-0.25, -0.2) is 0 Å². The smallest absolute Gasteiger partial charge is 0.253 e. The van der Waals surface area contributed by atoms with Crippen LogP contribution in [0.15, 0.2) is 24.3 Å². The highest BCUT2D eigenvalue weighted by molar-refractivity contribution is 5.98. The van der Waals surface area contributed by atoms with Gasteiger partial charge in [-0.15, -0.1) is 0 Å². The Bertz CT molecular complexity index is 709. The number of nitrogens with zero attached hydrogens (tertiary/aromatic N) is 1. The molecule has 1 fully saturated rings. The van der Waals surface area contributed by atoms with Crippen LogP contribution < -0.4 is 10.1 Å². The number of ether oxygens (including phenoxy) is 2. The Morgan fingerprint density at radius 2 is 2.30 bits per heavy atom. The number of aromatic nitrogens is 1. The highest BCUT2D eigenvalue weighted by Gasteiger charge is 2.16. The van der Waals surface area contributed by atoms with E-state index in [9.17, 15) is 4.79 Å². The summed E-state index contributed by atoms with van der Waals surface area (Å²) in [6, 6.07) is 7.54. The van der Waals surface area contributed by atoms with Crippen molar-refractivity contribution in [1.82, 2.24) is 10.3 Å². The van der Waals surface area contributed by atoms with Crippen LogP contribution in [0.4, 0.5) is 0 Å². The van der Waals surface area contributed by atoms with Crippen molar-refractivity contribution in [3.63, 3.8) is 0 Å². The van der Waals surface area contributed by atoms with Gasteiger partial charge in [0.15, 0.2) is 0 Å². The van der Waals surface area contributed by atoms with E-state index in [1.54, 1.807) is 7.11 Å². The van der Waals surface area contributed by atoms with Crippen LogP contribution in [0.1, 0.15) is 35.3 Å². The van der Waals surface area contributed by atoms with Gasteiger partial charge < -0.3 is 14.8 Å². The Morgan fingerprint density at radius 3 is 3.04 bits per heavy atom. The molecule has 2 aromatic rings. The molecule has 1 N–H and O–H groups in total. The maximum atomic E-state index is 12.4. The molecule has 1 aliphatic heterocycles.